The highest BCUT2D eigenvalue weighted by Gasteiger charge is 2.06. The summed E-state index contributed by atoms with van der Waals surface area (Å²) in [6.07, 6.45) is 0.900. The molecule has 0 spiro atoms. The molecule has 0 fully saturated rings. The summed E-state index contributed by atoms with van der Waals surface area (Å²) < 4.78 is 50.8. The van der Waals surface area contributed by atoms with Crippen LogP contribution >= 0.6 is 0 Å². The second kappa shape index (κ2) is 3.48. The summed E-state index contributed by atoms with van der Waals surface area (Å²) in [6.45, 7) is -0.308. The second-order valence-corrected chi connectivity index (χ2v) is 5.36. The summed E-state index contributed by atoms with van der Waals surface area (Å²) in [6, 6.07) is 0. The Morgan fingerprint density at radius 1 is 1.27 bits per heavy atom. The molecule has 0 amide bonds. The molecule has 0 aliphatic rings. The van der Waals surface area contributed by atoms with Crippen molar-refractivity contribution in [2.75, 3.05) is 18.6 Å². The summed E-state index contributed by atoms with van der Waals surface area (Å²) in [4.78, 5) is 0. The van der Waals surface area contributed by atoms with Gasteiger partial charge in [-0.25, -0.2) is 13.1 Å². The quantitative estimate of drug-likeness (QED) is 0.537. The van der Waals surface area contributed by atoms with Gasteiger partial charge in [0.25, 0.3) is 10.1 Å². The first-order valence-corrected chi connectivity index (χ1v) is 6.10. The number of hydrogen-bond acceptors (Lipinski definition) is 4. The van der Waals surface area contributed by atoms with E-state index in [9.17, 15) is 16.8 Å². The molecule has 0 radical (unpaired) electrons. The fourth-order valence-electron chi connectivity index (χ4n) is 0.356. The van der Waals surface area contributed by atoms with E-state index in [0.717, 1.165) is 6.26 Å². The minimum atomic E-state index is -4.07. The average molecular weight is 203 g/mol. The molecule has 6 nitrogen and oxygen atoms in total. The van der Waals surface area contributed by atoms with Crippen LogP contribution in [0, 0.1) is 0 Å². The predicted molar refractivity (Wildman–Crippen MR) is 39.3 cm³/mol. The molecule has 0 rings (SSSR count). The lowest BCUT2D eigenvalue weighted by Gasteiger charge is -1.98. The highest BCUT2D eigenvalue weighted by atomic mass is 32.2. The Morgan fingerprint density at radius 3 is 2.00 bits per heavy atom. The van der Waals surface area contributed by atoms with E-state index in [-0.39, 0.29) is 6.54 Å². The Bertz CT molecular complexity index is 269. The van der Waals surface area contributed by atoms with Crippen LogP contribution in [-0.2, 0) is 20.1 Å². The van der Waals surface area contributed by atoms with Gasteiger partial charge in [-0.15, -0.1) is 0 Å². The molecule has 0 aromatic rings. The molecule has 2 N–H and O–H groups in total. The molecule has 0 unspecified atom stereocenters. The van der Waals surface area contributed by atoms with Gasteiger partial charge in [-0.05, 0) is 0 Å². The fraction of sp³-hybridized carbons (Fsp3) is 1.00. The lowest BCUT2D eigenvalue weighted by atomic mass is 10.8. The molecule has 0 bridgehead atoms. The summed E-state index contributed by atoms with van der Waals surface area (Å²) in [5.74, 6) is -0.611. The first-order chi connectivity index (χ1) is 4.71. The van der Waals surface area contributed by atoms with Crippen LogP contribution in [0.1, 0.15) is 0 Å². The minimum Gasteiger partial charge on any atom is -0.286 e. The third-order valence-electron chi connectivity index (χ3n) is 0.724. The third kappa shape index (κ3) is 9.82. The molecule has 0 saturated carbocycles. The maximum Gasteiger partial charge on any atom is 0.266 e. The van der Waals surface area contributed by atoms with Crippen molar-refractivity contribution in [3.63, 3.8) is 0 Å². The molecule has 0 aromatic carbocycles. The predicted octanol–water partition coefficient (Wildman–Crippen LogP) is -1.58. The van der Waals surface area contributed by atoms with E-state index in [0.29, 0.717) is 0 Å². The molecular formula is C3H9NO5S2. The van der Waals surface area contributed by atoms with E-state index in [1.54, 1.807) is 0 Å². The number of rotatable bonds is 4. The Labute approximate surface area is 65.4 Å². The maximum atomic E-state index is 10.3. The van der Waals surface area contributed by atoms with Crippen LogP contribution in [0.25, 0.3) is 0 Å². The summed E-state index contributed by atoms with van der Waals surface area (Å²) in [5, 5.41) is 0. The minimum absolute atomic E-state index is 0.308. The van der Waals surface area contributed by atoms with Gasteiger partial charge in [-0.1, -0.05) is 0 Å². The van der Waals surface area contributed by atoms with Gasteiger partial charge in [0.2, 0.25) is 10.0 Å². The van der Waals surface area contributed by atoms with Crippen molar-refractivity contribution in [1.82, 2.24) is 4.72 Å². The largest absolute Gasteiger partial charge is 0.286 e. The molecule has 0 aliphatic heterocycles. The van der Waals surface area contributed by atoms with Crippen LogP contribution in [0.15, 0.2) is 0 Å². The van der Waals surface area contributed by atoms with Gasteiger partial charge in [0.15, 0.2) is 0 Å². The molecule has 68 valence electrons. The van der Waals surface area contributed by atoms with Gasteiger partial charge in [-0.3, -0.25) is 4.55 Å². The van der Waals surface area contributed by atoms with Crippen molar-refractivity contribution in [3.05, 3.63) is 0 Å². The highest BCUT2D eigenvalue weighted by Crippen LogP contribution is 1.80. The van der Waals surface area contributed by atoms with Crippen molar-refractivity contribution < 1.29 is 21.4 Å². The first kappa shape index (κ1) is 10.8. The molecule has 0 saturated heterocycles. The molecule has 11 heavy (non-hydrogen) atoms. The van der Waals surface area contributed by atoms with Crippen molar-refractivity contribution in [3.8, 4) is 0 Å². The first-order valence-electron chi connectivity index (χ1n) is 2.60. The Balaban J connectivity index is 3.79. The van der Waals surface area contributed by atoms with Crippen LogP contribution in [0.2, 0.25) is 0 Å². The normalized spacial score (nSPS) is 13.3. The molecule has 0 atom stereocenters. The van der Waals surface area contributed by atoms with E-state index < -0.39 is 25.9 Å². The van der Waals surface area contributed by atoms with E-state index in [4.69, 9.17) is 4.55 Å². The van der Waals surface area contributed by atoms with E-state index in [2.05, 4.69) is 0 Å². The summed E-state index contributed by atoms with van der Waals surface area (Å²) >= 11 is 0. The van der Waals surface area contributed by atoms with Gasteiger partial charge >= 0.3 is 0 Å². The van der Waals surface area contributed by atoms with E-state index in [1.165, 1.54) is 0 Å². The molecule has 0 aromatic heterocycles. The van der Waals surface area contributed by atoms with Gasteiger partial charge in [0, 0.05) is 6.54 Å². The van der Waals surface area contributed by atoms with Crippen LogP contribution in [0.4, 0.5) is 0 Å². The van der Waals surface area contributed by atoms with Crippen molar-refractivity contribution in [2.24, 2.45) is 0 Å². The summed E-state index contributed by atoms with van der Waals surface area (Å²) in [5.41, 5.74) is 0. The van der Waals surface area contributed by atoms with Crippen molar-refractivity contribution in [2.45, 2.75) is 0 Å². The van der Waals surface area contributed by atoms with Crippen LogP contribution in [0.5, 0.6) is 0 Å². The Hall–Kier alpha value is -0.180. The smallest absolute Gasteiger partial charge is 0.266 e. The number of nitrogens with one attached hydrogen (secondary N) is 1. The van der Waals surface area contributed by atoms with E-state index >= 15 is 0 Å². The van der Waals surface area contributed by atoms with Crippen LogP contribution in [0.3, 0.4) is 0 Å². The van der Waals surface area contributed by atoms with Crippen molar-refractivity contribution in [1.29, 1.82) is 0 Å². The van der Waals surface area contributed by atoms with Crippen molar-refractivity contribution >= 4 is 20.1 Å². The SMILES string of the molecule is CS(=O)(=O)NCCS(=O)(=O)O. The standard InChI is InChI=1S/C3H9NO5S2/c1-10(5,6)4-2-3-11(7,8)9/h4H,2-3H2,1H3,(H,7,8,9). The third-order valence-corrected chi connectivity index (χ3v) is 2.17. The summed E-state index contributed by atoms with van der Waals surface area (Å²) in [7, 11) is -7.45. The maximum absolute atomic E-state index is 10.3. The lowest BCUT2D eigenvalue weighted by molar-refractivity contribution is 0.482. The Morgan fingerprint density at radius 2 is 1.73 bits per heavy atom. The lowest BCUT2D eigenvalue weighted by Crippen LogP contribution is -2.27. The molecule has 0 aliphatic carbocycles. The highest BCUT2D eigenvalue weighted by molar-refractivity contribution is 7.89. The zero-order valence-corrected chi connectivity index (χ0v) is 7.44. The zero-order valence-electron chi connectivity index (χ0n) is 5.81. The van der Waals surface area contributed by atoms with Gasteiger partial charge < -0.3 is 0 Å². The number of hydrogen-bond donors (Lipinski definition) is 2. The van der Waals surface area contributed by atoms with Crippen LogP contribution in [-0.4, -0.2) is 39.9 Å². The average Bonchev–Trinajstić information content (AvgIpc) is 1.55. The molecular weight excluding hydrogens is 194 g/mol. The topological polar surface area (TPSA) is 101 Å². The van der Waals surface area contributed by atoms with Gasteiger partial charge in [-0.2, -0.15) is 8.42 Å². The fourth-order valence-corrected chi connectivity index (χ4v) is 1.32. The Kier molecular flexibility index (Phi) is 3.42. The van der Waals surface area contributed by atoms with Gasteiger partial charge in [0.05, 0.1) is 12.0 Å². The molecule has 0 heterocycles. The van der Waals surface area contributed by atoms with E-state index in [1.807, 2.05) is 4.72 Å². The zero-order chi connectivity index (χ0) is 9.12. The van der Waals surface area contributed by atoms with Gasteiger partial charge in [0.1, 0.15) is 0 Å². The number of sulfonamides is 1. The second-order valence-electron chi connectivity index (χ2n) is 1.95. The molecule has 8 heteroatoms. The monoisotopic (exact) mass is 203 g/mol. The van der Waals surface area contributed by atoms with Crippen LogP contribution < -0.4 is 4.72 Å².